The lowest BCUT2D eigenvalue weighted by Crippen LogP contribution is -2.30. The normalized spacial score (nSPS) is 11.0. The number of fused-ring (bicyclic) bond motifs is 1. The van der Waals surface area contributed by atoms with Crippen LogP contribution >= 0.6 is 11.3 Å². The van der Waals surface area contributed by atoms with Crippen LogP contribution < -0.4 is 0 Å². The van der Waals surface area contributed by atoms with Gasteiger partial charge in [0.05, 0.1) is 28.9 Å². The molecule has 0 unspecified atom stereocenters. The van der Waals surface area contributed by atoms with E-state index >= 15 is 0 Å². The fourth-order valence-electron chi connectivity index (χ4n) is 3.11. The molecule has 4 aromatic rings. The van der Waals surface area contributed by atoms with Gasteiger partial charge in [0.1, 0.15) is 0 Å². The topological polar surface area (TPSA) is 59.2 Å². The van der Waals surface area contributed by atoms with Gasteiger partial charge in [-0.05, 0) is 31.4 Å². The van der Waals surface area contributed by atoms with E-state index in [-0.39, 0.29) is 5.91 Å². The highest BCUT2D eigenvalue weighted by molar-refractivity contribution is 7.09. The minimum absolute atomic E-state index is 0.0400. The van der Waals surface area contributed by atoms with Crippen molar-refractivity contribution in [1.29, 1.82) is 0 Å². The fourth-order valence-corrected chi connectivity index (χ4v) is 3.83. The first-order chi connectivity index (χ1) is 13.2. The van der Waals surface area contributed by atoms with E-state index in [1.54, 1.807) is 11.3 Å². The van der Waals surface area contributed by atoms with Crippen molar-refractivity contribution in [3.8, 4) is 11.3 Å². The van der Waals surface area contributed by atoms with Gasteiger partial charge >= 0.3 is 0 Å². The maximum Gasteiger partial charge on any atom is 0.259 e. The lowest BCUT2D eigenvalue weighted by Gasteiger charge is -2.21. The number of thiophene rings is 1. The summed E-state index contributed by atoms with van der Waals surface area (Å²) in [4.78, 5) is 20.9. The molecule has 136 valence electrons. The highest BCUT2D eigenvalue weighted by atomic mass is 32.1. The van der Waals surface area contributed by atoms with Gasteiger partial charge in [0.25, 0.3) is 11.6 Å². The van der Waals surface area contributed by atoms with Gasteiger partial charge < -0.3 is 9.42 Å². The Morgan fingerprint density at radius 1 is 1.19 bits per heavy atom. The molecule has 1 amide bonds. The van der Waals surface area contributed by atoms with Gasteiger partial charge in [0.2, 0.25) is 0 Å². The zero-order valence-electron chi connectivity index (χ0n) is 15.2. The molecule has 0 saturated heterocycles. The van der Waals surface area contributed by atoms with E-state index in [0.29, 0.717) is 41.1 Å². The second-order valence-corrected chi connectivity index (χ2v) is 7.30. The maximum absolute atomic E-state index is 13.4. The van der Waals surface area contributed by atoms with Gasteiger partial charge in [-0.15, -0.1) is 11.3 Å². The summed E-state index contributed by atoms with van der Waals surface area (Å²) in [6.45, 7) is 5.03. The van der Waals surface area contributed by atoms with Crippen LogP contribution in [-0.2, 0) is 6.54 Å². The molecule has 0 saturated carbocycles. The average Bonchev–Trinajstić information content (AvgIpc) is 3.35. The minimum Gasteiger partial charge on any atom is -0.335 e. The number of amides is 1. The average molecular weight is 377 g/mol. The number of carbonyl (C=O) groups excluding carboxylic acids is 1. The molecule has 0 N–H and O–H groups in total. The molecule has 0 aliphatic rings. The standard InChI is InChI=1S/C21H19N3O2S/c1-3-24(13-16-10-7-11-27-16)21(25)17-12-18(15-8-5-4-6-9-15)22-20-19(17)14(2)23-26-20/h4-12H,3,13H2,1-2H3. The quantitative estimate of drug-likeness (QED) is 0.495. The van der Waals surface area contributed by atoms with Gasteiger partial charge in [-0.1, -0.05) is 41.6 Å². The molecule has 0 atom stereocenters. The lowest BCUT2D eigenvalue weighted by molar-refractivity contribution is 0.0756. The predicted octanol–water partition coefficient (Wildman–Crippen LogP) is 4.92. The second kappa shape index (κ2) is 7.32. The third kappa shape index (κ3) is 3.36. The number of rotatable bonds is 5. The van der Waals surface area contributed by atoms with Crippen LogP contribution in [-0.4, -0.2) is 27.5 Å². The van der Waals surface area contributed by atoms with Crippen molar-refractivity contribution in [2.45, 2.75) is 20.4 Å². The molecule has 0 bridgehead atoms. The van der Waals surface area contributed by atoms with Crippen molar-refractivity contribution in [2.24, 2.45) is 0 Å². The molecule has 4 rings (SSSR count). The molecule has 0 fully saturated rings. The van der Waals surface area contributed by atoms with Crippen LogP contribution in [0.3, 0.4) is 0 Å². The summed E-state index contributed by atoms with van der Waals surface area (Å²) in [6, 6.07) is 15.7. The fraction of sp³-hybridized carbons (Fsp3) is 0.190. The Balaban J connectivity index is 1.81. The van der Waals surface area contributed by atoms with Crippen LogP contribution in [0.4, 0.5) is 0 Å². The van der Waals surface area contributed by atoms with E-state index in [4.69, 9.17) is 4.52 Å². The number of carbonyl (C=O) groups is 1. The minimum atomic E-state index is -0.0400. The first kappa shape index (κ1) is 17.4. The first-order valence-electron chi connectivity index (χ1n) is 8.81. The molecule has 5 nitrogen and oxygen atoms in total. The molecule has 3 aromatic heterocycles. The highest BCUT2D eigenvalue weighted by Gasteiger charge is 2.23. The number of benzene rings is 1. The highest BCUT2D eigenvalue weighted by Crippen LogP contribution is 2.28. The van der Waals surface area contributed by atoms with Gasteiger partial charge in [-0.25, -0.2) is 4.98 Å². The van der Waals surface area contributed by atoms with Crippen molar-refractivity contribution in [3.63, 3.8) is 0 Å². The van der Waals surface area contributed by atoms with Crippen LogP contribution in [0.5, 0.6) is 0 Å². The van der Waals surface area contributed by atoms with E-state index in [1.165, 1.54) is 0 Å². The zero-order valence-corrected chi connectivity index (χ0v) is 16.0. The molecule has 3 heterocycles. The van der Waals surface area contributed by atoms with Crippen LogP contribution in [0.1, 0.15) is 27.9 Å². The Kier molecular flexibility index (Phi) is 4.73. The largest absolute Gasteiger partial charge is 0.335 e. The number of aryl methyl sites for hydroxylation is 1. The Morgan fingerprint density at radius 2 is 2.00 bits per heavy atom. The number of pyridine rings is 1. The zero-order chi connectivity index (χ0) is 18.8. The van der Waals surface area contributed by atoms with E-state index in [2.05, 4.69) is 10.1 Å². The number of nitrogens with zero attached hydrogens (tertiary/aromatic N) is 3. The molecule has 6 heteroatoms. The third-order valence-electron chi connectivity index (χ3n) is 4.51. The summed E-state index contributed by atoms with van der Waals surface area (Å²) in [7, 11) is 0. The summed E-state index contributed by atoms with van der Waals surface area (Å²) in [5.74, 6) is -0.0400. The Bertz CT molecular complexity index is 1070. The third-order valence-corrected chi connectivity index (χ3v) is 5.37. The summed E-state index contributed by atoms with van der Waals surface area (Å²) in [6.07, 6.45) is 0. The second-order valence-electron chi connectivity index (χ2n) is 6.27. The van der Waals surface area contributed by atoms with Crippen molar-refractivity contribution in [3.05, 3.63) is 70.0 Å². The number of hydrogen-bond donors (Lipinski definition) is 0. The van der Waals surface area contributed by atoms with Crippen LogP contribution in [0.25, 0.3) is 22.4 Å². The molecule has 0 aliphatic heterocycles. The molecule has 0 radical (unpaired) electrons. The van der Waals surface area contributed by atoms with Crippen LogP contribution in [0.15, 0.2) is 58.4 Å². The summed E-state index contributed by atoms with van der Waals surface area (Å²) in [5.41, 5.74) is 3.28. The molecule has 0 spiro atoms. The van der Waals surface area contributed by atoms with E-state index in [1.807, 2.05) is 72.7 Å². The Labute approximate surface area is 161 Å². The van der Waals surface area contributed by atoms with Crippen LogP contribution in [0.2, 0.25) is 0 Å². The molecular formula is C21H19N3O2S. The number of hydrogen-bond acceptors (Lipinski definition) is 5. The van der Waals surface area contributed by atoms with E-state index in [0.717, 1.165) is 10.4 Å². The summed E-state index contributed by atoms with van der Waals surface area (Å²) in [5, 5.41) is 6.74. The van der Waals surface area contributed by atoms with Gasteiger partial charge in [0, 0.05) is 17.0 Å². The molecule has 0 aliphatic carbocycles. The SMILES string of the molecule is CCN(Cc1cccs1)C(=O)c1cc(-c2ccccc2)nc2onc(C)c12. The predicted molar refractivity (Wildman–Crippen MR) is 107 cm³/mol. The summed E-state index contributed by atoms with van der Waals surface area (Å²) >= 11 is 1.65. The monoisotopic (exact) mass is 377 g/mol. The molecule has 27 heavy (non-hydrogen) atoms. The van der Waals surface area contributed by atoms with Crippen molar-refractivity contribution < 1.29 is 9.32 Å². The molecular weight excluding hydrogens is 358 g/mol. The number of aromatic nitrogens is 2. The maximum atomic E-state index is 13.4. The first-order valence-corrected chi connectivity index (χ1v) is 9.69. The smallest absolute Gasteiger partial charge is 0.259 e. The summed E-state index contributed by atoms with van der Waals surface area (Å²) < 4.78 is 5.39. The van der Waals surface area contributed by atoms with Gasteiger partial charge in [-0.2, -0.15) is 0 Å². The van der Waals surface area contributed by atoms with Crippen LogP contribution in [0, 0.1) is 6.92 Å². The Morgan fingerprint density at radius 3 is 2.70 bits per heavy atom. The van der Waals surface area contributed by atoms with Crippen molar-refractivity contribution >= 4 is 28.3 Å². The lowest BCUT2D eigenvalue weighted by atomic mass is 10.0. The van der Waals surface area contributed by atoms with Gasteiger partial charge in [0.15, 0.2) is 0 Å². The Hall–Kier alpha value is -2.99. The van der Waals surface area contributed by atoms with Gasteiger partial charge in [-0.3, -0.25) is 4.79 Å². The van der Waals surface area contributed by atoms with E-state index < -0.39 is 0 Å². The van der Waals surface area contributed by atoms with E-state index in [9.17, 15) is 4.79 Å². The van der Waals surface area contributed by atoms with Crippen molar-refractivity contribution in [1.82, 2.24) is 15.0 Å². The van der Waals surface area contributed by atoms with Crippen molar-refractivity contribution in [2.75, 3.05) is 6.54 Å². The molecule has 1 aromatic carbocycles.